The molecule has 3 aromatic rings. The Balaban J connectivity index is 1.75. The molecule has 1 amide bonds. The van der Waals surface area contributed by atoms with Gasteiger partial charge in [0.1, 0.15) is 11.6 Å². The van der Waals surface area contributed by atoms with Crippen LogP contribution in [0, 0.1) is 10.1 Å². The van der Waals surface area contributed by atoms with Crippen molar-refractivity contribution in [2.75, 3.05) is 6.61 Å². The molecular formula is C29H32N2O6. The first-order valence-corrected chi connectivity index (χ1v) is 12.2. The van der Waals surface area contributed by atoms with Crippen LogP contribution in [0.2, 0.25) is 0 Å². The van der Waals surface area contributed by atoms with Crippen LogP contribution in [0.1, 0.15) is 48.7 Å². The van der Waals surface area contributed by atoms with Crippen LogP contribution >= 0.6 is 0 Å². The molecule has 0 aliphatic carbocycles. The second-order valence-electron chi connectivity index (χ2n) is 9.61. The molecule has 0 spiro atoms. The number of benzene rings is 3. The number of nitrogens with zero attached hydrogens (tertiary/aromatic N) is 1. The van der Waals surface area contributed by atoms with Gasteiger partial charge in [-0.05, 0) is 50.8 Å². The molecule has 0 saturated heterocycles. The van der Waals surface area contributed by atoms with Crippen LogP contribution in [0.5, 0.6) is 5.75 Å². The van der Waals surface area contributed by atoms with E-state index in [1.165, 1.54) is 18.2 Å². The van der Waals surface area contributed by atoms with E-state index in [0.717, 1.165) is 11.1 Å². The van der Waals surface area contributed by atoms with E-state index >= 15 is 0 Å². The van der Waals surface area contributed by atoms with E-state index in [1.54, 1.807) is 20.8 Å². The zero-order valence-electron chi connectivity index (χ0n) is 21.3. The number of nitro benzene ring substituents is 1. The molecule has 1 N–H and O–H groups in total. The van der Waals surface area contributed by atoms with Gasteiger partial charge in [0.05, 0.1) is 11.5 Å². The Morgan fingerprint density at radius 2 is 1.51 bits per heavy atom. The number of nitrogens with one attached hydrogen (secondary N) is 1. The minimum atomic E-state index is -0.899. The van der Waals surface area contributed by atoms with E-state index in [2.05, 4.69) is 5.32 Å². The number of carbonyl (C=O) groups excluding carboxylic acids is 2. The number of amides is 1. The molecule has 0 unspecified atom stereocenters. The minimum Gasteiger partial charge on any atom is -0.486 e. The summed E-state index contributed by atoms with van der Waals surface area (Å²) in [6.45, 7) is 5.48. The highest BCUT2D eigenvalue weighted by Crippen LogP contribution is 2.28. The zero-order chi connectivity index (χ0) is 26.8. The fourth-order valence-corrected chi connectivity index (χ4v) is 3.66. The van der Waals surface area contributed by atoms with Crippen molar-refractivity contribution in [2.24, 2.45) is 0 Å². The highest BCUT2D eigenvalue weighted by molar-refractivity contribution is 5.97. The fourth-order valence-electron chi connectivity index (χ4n) is 3.66. The van der Waals surface area contributed by atoms with Crippen molar-refractivity contribution in [1.82, 2.24) is 5.32 Å². The first kappa shape index (κ1) is 27.4. The van der Waals surface area contributed by atoms with Crippen LogP contribution in [0.3, 0.4) is 0 Å². The number of hydrogen-bond acceptors (Lipinski definition) is 6. The van der Waals surface area contributed by atoms with Gasteiger partial charge < -0.3 is 14.8 Å². The van der Waals surface area contributed by atoms with E-state index < -0.39 is 28.4 Å². The molecule has 0 radical (unpaired) electrons. The van der Waals surface area contributed by atoms with Crippen LogP contribution in [0.25, 0.3) is 0 Å². The standard InChI is InChI=1S/C29H32N2O6/c1-29(2,3)37-28(33)24(16-14-21-10-6-4-7-11-21)30-27(32)23-15-17-25(31(34)35)26(20-23)36-19-18-22-12-8-5-9-13-22/h4-13,15,17,20,24H,14,16,18-19H2,1-3H3,(H,30,32)/t24-/m0/s1. The second kappa shape index (κ2) is 12.7. The van der Waals surface area contributed by atoms with Gasteiger partial charge in [-0.15, -0.1) is 0 Å². The SMILES string of the molecule is CC(C)(C)OC(=O)[C@H](CCc1ccccc1)NC(=O)c1ccc([N+](=O)[O-])c(OCCc2ccccc2)c1. The number of ether oxygens (including phenoxy) is 2. The predicted molar refractivity (Wildman–Crippen MR) is 141 cm³/mol. The van der Waals surface area contributed by atoms with Crippen LogP contribution in [-0.4, -0.2) is 35.0 Å². The van der Waals surface area contributed by atoms with Crippen LogP contribution in [-0.2, 0) is 22.4 Å². The monoisotopic (exact) mass is 504 g/mol. The Morgan fingerprint density at radius 3 is 2.08 bits per heavy atom. The quantitative estimate of drug-likeness (QED) is 0.216. The van der Waals surface area contributed by atoms with Crippen molar-refractivity contribution in [2.45, 2.75) is 51.7 Å². The minimum absolute atomic E-state index is 0.00770. The Bertz CT molecular complexity index is 1210. The van der Waals surface area contributed by atoms with Crippen molar-refractivity contribution in [3.8, 4) is 5.75 Å². The maximum atomic E-state index is 13.1. The first-order chi connectivity index (χ1) is 17.6. The van der Waals surface area contributed by atoms with E-state index in [9.17, 15) is 19.7 Å². The highest BCUT2D eigenvalue weighted by atomic mass is 16.6. The van der Waals surface area contributed by atoms with Crippen LogP contribution < -0.4 is 10.1 Å². The van der Waals surface area contributed by atoms with Crippen molar-refractivity contribution < 1.29 is 24.0 Å². The molecule has 3 rings (SSSR count). The summed E-state index contributed by atoms with van der Waals surface area (Å²) in [5, 5.41) is 14.3. The molecule has 0 aromatic heterocycles. The number of hydrogen-bond donors (Lipinski definition) is 1. The predicted octanol–water partition coefficient (Wildman–Crippen LogP) is 5.29. The molecule has 0 aliphatic heterocycles. The lowest BCUT2D eigenvalue weighted by atomic mass is 10.0. The number of nitro groups is 1. The Morgan fingerprint density at radius 1 is 0.919 bits per heavy atom. The van der Waals surface area contributed by atoms with Crippen LogP contribution in [0.4, 0.5) is 5.69 Å². The second-order valence-corrected chi connectivity index (χ2v) is 9.61. The third-order valence-electron chi connectivity index (χ3n) is 5.47. The summed E-state index contributed by atoms with van der Waals surface area (Å²) in [4.78, 5) is 37.0. The van der Waals surface area contributed by atoms with E-state index in [4.69, 9.17) is 9.47 Å². The number of rotatable bonds is 11. The van der Waals surface area contributed by atoms with Gasteiger partial charge in [0.25, 0.3) is 5.91 Å². The van der Waals surface area contributed by atoms with Gasteiger partial charge in [-0.3, -0.25) is 14.9 Å². The van der Waals surface area contributed by atoms with Gasteiger partial charge in [-0.1, -0.05) is 60.7 Å². The normalized spacial score (nSPS) is 11.9. The largest absolute Gasteiger partial charge is 0.486 e. The van der Waals surface area contributed by atoms with Crippen LogP contribution in [0.15, 0.2) is 78.9 Å². The van der Waals surface area contributed by atoms with Crippen molar-refractivity contribution in [1.29, 1.82) is 0 Å². The summed E-state index contributed by atoms with van der Waals surface area (Å²) in [6, 6.07) is 22.2. The summed E-state index contributed by atoms with van der Waals surface area (Å²) in [5.41, 5.74) is 1.23. The summed E-state index contributed by atoms with van der Waals surface area (Å²) < 4.78 is 11.2. The molecule has 0 saturated carbocycles. The summed E-state index contributed by atoms with van der Waals surface area (Å²) in [6.07, 6.45) is 1.44. The molecule has 1 atom stereocenters. The molecule has 3 aromatic carbocycles. The topological polar surface area (TPSA) is 108 Å². The molecule has 194 valence electrons. The molecule has 8 nitrogen and oxygen atoms in total. The average Bonchev–Trinajstić information content (AvgIpc) is 2.86. The maximum absolute atomic E-state index is 13.1. The molecule has 37 heavy (non-hydrogen) atoms. The number of esters is 1. The molecule has 8 heteroatoms. The molecule has 0 aliphatic rings. The van der Waals surface area contributed by atoms with Gasteiger partial charge >= 0.3 is 11.7 Å². The molecular weight excluding hydrogens is 472 g/mol. The van der Waals surface area contributed by atoms with E-state index in [1.807, 2.05) is 60.7 Å². The van der Waals surface area contributed by atoms with Crippen molar-refractivity contribution in [3.63, 3.8) is 0 Å². The van der Waals surface area contributed by atoms with Gasteiger partial charge in [0.15, 0.2) is 5.75 Å². The maximum Gasteiger partial charge on any atom is 0.329 e. The zero-order valence-corrected chi connectivity index (χ0v) is 21.3. The summed E-state index contributed by atoms with van der Waals surface area (Å²) >= 11 is 0. The first-order valence-electron chi connectivity index (χ1n) is 12.2. The molecule has 0 fully saturated rings. The number of aryl methyl sites for hydroxylation is 1. The Kier molecular flexibility index (Phi) is 9.38. The molecule has 0 heterocycles. The van der Waals surface area contributed by atoms with Gasteiger partial charge in [0.2, 0.25) is 0 Å². The lowest BCUT2D eigenvalue weighted by Crippen LogP contribution is -2.44. The Hall–Kier alpha value is -4.20. The lowest BCUT2D eigenvalue weighted by Gasteiger charge is -2.24. The average molecular weight is 505 g/mol. The Labute approximate surface area is 216 Å². The van der Waals surface area contributed by atoms with Gasteiger partial charge in [-0.2, -0.15) is 0 Å². The molecule has 0 bridgehead atoms. The third-order valence-corrected chi connectivity index (χ3v) is 5.47. The highest BCUT2D eigenvalue weighted by Gasteiger charge is 2.28. The van der Waals surface area contributed by atoms with E-state index in [-0.39, 0.29) is 23.6 Å². The van der Waals surface area contributed by atoms with Gasteiger partial charge in [-0.25, -0.2) is 4.79 Å². The lowest BCUT2D eigenvalue weighted by molar-refractivity contribution is -0.385. The van der Waals surface area contributed by atoms with E-state index in [0.29, 0.717) is 19.3 Å². The van der Waals surface area contributed by atoms with Crippen molar-refractivity contribution >= 4 is 17.6 Å². The van der Waals surface area contributed by atoms with Gasteiger partial charge in [0, 0.05) is 24.1 Å². The smallest absolute Gasteiger partial charge is 0.329 e. The van der Waals surface area contributed by atoms with Crippen molar-refractivity contribution in [3.05, 3.63) is 106 Å². The summed E-state index contributed by atoms with van der Waals surface area (Å²) in [5.74, 6) is -1.10. The summed E-state index contributed by atoms with van der Waals surface area (Å²) in [7, 11) is 0. The third kappa shape index (κ3) is 8.75. The number of carbonyl (C=O) groups is 2. The fraction of sp³-hybridized carbons (Fsp3) is 0.310.